The smallest absolute Gasteiger partial charge is 0.419 e. The first-order chi connectivity index (χ1) is 12.2. The van der Waals surface area contributed by atoms with Crippen molar-refractivity contribution in [3.05, 3.63) is 51.5 Å². The molecule has 0 aliphatic carbocycles. The van der Waals surface area contributed by atoms with Gasteiger partial charge in [0.15, 0.2) is 5.58 Å². The Morgan fingerprint density at radius 3 is 2.58 bits per heavy atom. The lowest BCUT2D eigenvalue weighted by Gasteiger charge is -2.22. The van der Waals surface area contributed by atoms with Gasteiger partial charge in [0.2, 0.25) is 0 Å². The third kappa shape index (κ3) is 2.85. The molecule has 0 saturated carbocycles. The van der Waals surface area contributed by atoms with Crippen LogP contribution in [-0.2, 0) is 17.1 Å². The summed E-state index contributed by atoms with van der Waals surface area (Å²) in [4.78, 5) is 11.7. The van der Waals surface area contributed by atoms with Crippen LogP contribution in [0.1, 0.15) is 5.56 Å². The number of halogens is 1. The highest BCUT2D eigenvalue weighted by atomic mass is 35.5. The lowest BCUT2D eigenvalue weighted by Crippen LogP contribution is -2.27. The van der Waals surface area contributed by atoms with Crippen LogP contribution < -0.4 is 14.8 Å². The Morgan fingerprint density at radius 2 is 1.92 bits per heavy atom. The van der Waals surface area contributed by atoms with Crippen molar-refractivity contribution >= 4 is 38.4 Å². The third-order valence-corrected chi connectivity index (χ3v) is 6.24. The van der Waals surface area contributed by atoms with Gasteiger partial charge < -0.3 is 9.15 Å². The standard InChI is InChI=1S/C17H17ClN2O5S/c1-10-7-13-15(25-17(21)19(13)2)9-12(10)20(3)26(22,23)16-8-11(18)5-6-14(16)24-4/h5-9H,1-4H3. The molecule has 0 radical (unpaired) electrons. The molecule has 26 heavy (non-hydrogen) atoms. The van der Waals surface area contributed by atoms with Gasteiger partial charge in [0, 0.05) is 25.2 Å². The molecule has 7 nitrogen and oxygen atoms in total. The van der Waals surface area contributed by atoms with Gasteiger partial charge in [0.25, 0.3) is 10.0 Å². The van der Waals surface area contributed by atoms with Crippen molar-refractivity contribution in [3.63, 3.8) is 0 Å². The van der Waals surface area contributed by atoms with Gasteiger partial charge in [-0.25, -0.2) is 13.2 Å². The summed E-state index contributed by atoms with van der Waals surface area (Å²) in [6.07, 6.45) is 0. The van der Waals surface area contributed by atoms with Crippen molar-refractivity contribution < 1.29 is 17.6 Å². The van der Waals surface area contributed by atoms with Crippen molar-refractivity contribution in [2.24, 2.45) is 7.05 Å². The van der Waals surface area contributed by atoms with E-state index >= 15 is 0 Å². The number of aromatic nitrogens is 1. The zero-order valence-electron chi connectivity index (χ0n) is 14.6. The molecule has 0 aliphatic heterocycles. The first-order valence-corrected chi connectivity index (χ1v) is 9.41. The molecule has 0 atom stereocenters. The highest BCUT2D eigenvalue weighted by molar-refractivity contribution is 7.93. The van der Waals surface area contributed by atoms with E-state index in [1.807, 2.05) is 0 Å². The van der Waals surface area contributed by atoms with Crippen LogP contribution in [0.4, 0.5) is 5.69 Å². The van der Waals surface area contributed by atoms with Crippen LogP contribution in [-0.4, -0.2) is 27.1 Å². The van der Waals surface area contributed by atoms with Crippen molar-refractivity contribution in [1.82, 2.24) is 4.57 Å². The Bertz CT molecular complexity index is 1160. The van der Waals surface area contributed by atoms with Gasteiger partial charge in [-0.3, -0.25) is 8.87 Å². The number of sulfonamides is 1. The number of hydrogen-bond acceptors (Lipinski definition) is 5. The summed E-state index contributed by atoms with van der Waals surface area (Å²) in [5.74, 6) is -0.329. The maximum absolute atomic E-state index is 13.1. The molecular formula is C17H17ClN2O5S. The Kier molecular flexibility index (Phi) is 4.49. The Morgan fingerprint density at radius 1 is 1.23 bits per heavy atom. The van der Waals surface area contributed by atoms with E-state index < -0.39 is 15.8 Å². The summed E-state index contributed by atoms with van der Waals surface area (Å²) in [6, 6.07) is 7.62. The number of fused-ring (bicyclic) bond motifs is 1. The largest absolute Gasteiger partial charge is 0.495 e. The summed E-state index contributed by atoms with van der Waals surface area (Å²) in [5.41, 5.74) is 1.94. The quantitative estimate of drug-likeness (QED) is 0.677. The van der Waals surface area contributed by atoms with E-state index in [9.17, 15) is 13.2 Å². The molecule has 0 amide bonds. The lowest BCUT2D eigenvalue weighted by atomic mass is 10.2. The normalized spacial score (nSPS) is 11.7. The van der Waals surface area contributed by atoms with Gasteiger partial charge in [0.05, 0.1) is 18.3 Å². The minimum Gasteiger partial charge on any atom is -0.495 e. The first-order valence-electron chi connectivity index (χ1n) is 7.59. The molecule has 2 aromatic carbocycles. The molecule has 0 fully saturated rings. The molecule has 3 aromatic rings. The summed E-state index contributed by atoms with van der Waals surface area (Å²) >= 11 is 5.97. The maximum atomic E-state index is 13.1. The predicted octanol–water partition coefficient (Wildman–Crippen LogP) is 2.93. The summed E-state index contributed by atoms with van der Waals surface area (Å²) in [6.45, 7) is 1.76. The van der Waals surface area contributed by atoms with Crippen LogP contribution in [0, 0.1) is 6.92 Å². The number of oxazole rings is 1. The molecule has 138 valence electrons. The molecule has 0 spiro atoms. The fourth-order valence-corrected chi connectivity index (χ4v) is 4.40. The first kappa shape index (κ1) is 18.3. The molecule has 1 aromatic heterocycles. The average Bonchev–Trinajstić information content (AvgIpc) is 2.87. The van der Waals surface area contributed by atoms with Crippen LogP contribution in [0.5, 0.6) is 5.75 Å². The SMILES string of the molecule is COc1ccc(Cl)cc1S(=O)(=O)N(C)c1cc2oc(=O)n(C)c2cc1C. The molecule has 0 aliphatic rings. The number of aryl methyl sites for hydroxylation is 2. The monoisotopic (exact) mass is 396 g/mol. The second-order valence-electron chi connectivity index (χ2n) is 5.80. The number of hydrogen-bond donors (Lipinski definition) is 0. The third-order valence-electron chi connectivity index (χ3n) is 4.21. The Labute approximate surface area is 155 Å². The van der Waals surface area contributed by atoms with E-state index in [4.69, 9.17) is 20.8 Å². The number of ether oxygens (including phenoxy) is 1. The predicted molar refractivity (Wildman–Crippen MR) is 99.8 cm³/mol. The minimum absolute atomic E-state index is 0.0518. The second kappa shape index (κ2) is 6.37. The molecule has 3 rings (SSSR count). The zero-order chi connectivity index (χ0) is 19.2. The van der Waals surface area contributed by atoms with E-state index in [0.717, 1.165) is 4.31 Å². The van der Waals surface area contributed by atoms with Gasteiger partial charge in [-0.05, 0) is 36.8 Å². The maximum Gasteiger partial charge on any atom is 0.419 e. The van der Waals surface area contributed by atoms with Crippen molar-refractivity contribution in [3.8, 4) is 5.75 Å². The number of rotatable bonds is 4. The van der Waals surface area contributed by atoms with Gasteiger partial charge in [-0.2, -0.15) is 0 Å². The van der Waals surface area contributed by atoms with Gasteiger partial charge in [0.1, 0.15) is 10.6 Å². The van der Waals surface area contributed by atoms with Crippen LogP contribution >= 0.6 is 11.6 Å². The topological polar surface area (TPSA) is 81.8 Å². The number of nitrogens with zero attached hydrogens (tertiary/aromatic N) is 2. The summed E-state index contributed by atoms with van der Waals surface area (Å²) in [7, 11) is 0.442. The van der Waals surface area contributed by atoms with E-state index in [-0.39, 0.29) is 15.7 Å². The van der Waals surface area contributed by atoms with Crippen molar-refractivity contribution in [2.75, 3.05) is 18.5 Å². The van der Waals surface area contributed by atoms with Gasteiger partial charge in [-0.1, -0.05) is 11.6 Å². The molecule has 9 heteroatoms. The highest BCUT2D eigenvalue weighted by Crippen LogP contribution is 2.33. The second-order valence-corrected chi connectivity index (χ2v) is 8.18. The van der Waals surface area contributed by atoms with Gasteiger partial charge >= 0.3 is 5.76 Å². The zero-order valence-corrected chi connectivity index (χ0v) is 16.2. The van der Waals surface area contributed by atoms with E-state index in [1.165, 1.54) is 36.9 Å². The average molecular weight is 397 g/mol. The van der Waals surface area contributed by atoms with Gasteiger partial charge in [-0.15, -0.1) is 0 Å². The van der Waals surface area contributed by atoms with Crippen LogP contribution in [0.15, 0.2) is 44.4 Å². The fraction of sp³-hybridized carbons (Fsp3) is 0.235. The molecule has 0 saturated heterocycles. The fourth-order valence-electron chi connectivity index (χ4n) is 2.74. The van der Waals surface area contributed by atoms with E-state index in [2.05, 4.69) is 0 Å². The van der Waals surface area contributed by atoms with Crippen LogP contribution in [0.2, 0.25) is 5.02 Å². The number of methoxy groups -OCH3 is 1. The highest BCUT2D eigenvalue weighted by Gasteiger charge is 2.27. The Hall–Kier alpha value is -2.45. The lowest BCUT2D eigenvalue weighted by molar-refractivity contribution is 0.402. The van der Waals surface area contributed by atoms with Crippen LogP contribution in [0.3, 0.4) is 0 Å². The molecular weight excluding hydrogens is 380 g/mol. The van der Waals surface area contributed by atoms with Crippen LogP contribution in [0.25, 0.3) is 11.1 Å². The van der Waals surface area contributed by atoms with Crippen molar-refractivity contribution in [1.29, 1.82) is 0 Å². The summed E-state index contributed by atoms with van der Waals surface area (Å²) < 4.78 is 39.0. The van der Waals surface area contributed by atoms with E-state index in [0.29, 0.717) is 22.4 Å². The summed E-state index contributed by atoms with van der Waals surface area (Å²) in [5, 5.41) is 0.277. The molecule has 0 unspecified atom stereocenters. The Balaban J connectivity index is 2.18. The molecule has 0 bridgehead atoms. The van der Waals surface area contributed by atoms with Crippen molar-refractivity contribution in [2.45, 2.75) is 11.8 Å². The molecule has 0 N–H and O–H groups in total. The minimum atomic E-state index is -3.95. The number of anilines is 1. The number of benzene rings is 2. The van der Waals surface area contributed by atoms with E-state index in [1.54, 1.807) is 26.1 Å². The molecule has 1 heterocycles.